The van der Waals surface area contributed by atoms with Gasteiger partial charge < -0.3 is 15.7 Å². The minimum absolute atomic E-state index is 0.0248. The summed E-state index contributed by atoms with van der Waals surface area (Å²) in [6.45, 7) is 3.53. The molecule has 0 bridgehead atoms. The third-order valence-electron chi connectivity index (χ3n) is 2.77. The fourth-order valence-corrected chi connectivity index (χ4v) is 1.83. The maximum atomic E-state index is 9.42. The molecule has 1 aliphatic heterocycles. The van der Waals surface area contributed by atoms with E-state index in [9.17, 15) is 5.11 Å². The Morgan fingerprint density at radius 3 is 2.87 bits per heavy atom. The highest BCUT2D eigenvalue weighted by Crippen LogP contribution is 2.20. The third-order valence-corrected chi connectivity index (χ3v) is 2.77. The van der Waals surface area contributed by atoms with E-state index < -0.39 is 0 Å². The van der Waals surface area contributed by atoms with Gasteiger partial charge in [0.2, 0.25) is 0 Å². The smallest absolute Gasteiger partial charge is 0.0731 e. The average molecular weight is 207 g/mol. The first-order chi connectivity index (χ1) is 7.16. The van der Waals surface area contributed by atoms with Crippen LogP contribution < -0.4 is 10.6 Å². The molecule has 0 saturated carbocycles. The average Bonchev–Trinajstić information content (AvgIpc) is 2.65. The molecule has 0 aromatic carbocycles. The van der Waals surface area contributed by atoms with E-state index in [1.165, 1.54) is 0 Å². The highest BCUT2D eigenvalue weighted by atomic mass is 16.3. The van der Waals surface area contributed by atoms with Crippen molar-refractivity contribution in [2.45, 2.75) is 25.5 Å². The Labute approximate surface area is 89.7 Å². The molecule has 3 N–H and O–H groups in total. The zero-order valence-electron chi connectivity index (χ0n) is 8.93. The van der Waals surface area contributed by atoms with Crippen LogP contribution in [0, 0.1) is 0 Å². The van der Waals surface area contributed by atoms with Crippen LogP contribution in [0.2, 0.25) is 0 Å². The Hall–Kier alpha value is -1.13. The lowest BCUT2D eigenvalue weighted by Crippen LogP contribution is -2.21. The van der Waals surface area contributed by atoms with Crippen molar-refractivity contribution in [2.24, 2.45) is 5.73 Å². The summed E-state index contributed by atoms with van der Waals surface area (Å²) >= 11 is 0. The van der Waals surface area contributed by atoms with Crippen molar-refractivity contribution in [2.75, 3.05) is 18.0 Å². The number of β-amino-alcohol motifs (C(OH)–C–C–N with tert-alkyl or cyclic N) is 1. The van der Waals surface area contributed by atoms with Gasteiger partial charge in [0.05, 0.1) is 23.7 Å². The van der Waals surface area contributed by atoms with Gasteiger partial charge in [-0.3, -0.25) is 4.98 Å². The van der Waals surface area contributed by atoms with E-state index in [1.54, 1.807) is 0 Å². The first kappa shape index (κ1) is 10.4. The number of aliphatic hydroxyl groups is 1. The summed E-state index contributed by atoms with van der Waals surface area (Å²) in [6, 6.07) is 3.94. The zero-order chi connectivity index (χ0) is 10.8. The zero-order valence-corrected chi connectivity index (χ0v) is 8.93. The summed E-state index contributed by atoms with van der Waals surface area (Å²) in [7, 11) is 0. The predicted octanol–water partition coefficient (Wildman–Crippen LogP) is 0.672. The molecule has 1 aliphatic rings. The lowest BCUT2D eigenvalue weighted by molar-refractivity contribution is 0.198. The number of hydrogen-bond acceptors (Lipinski definition) is 4. The third kappa shape index (κ3) is 2.27. The van der Waals surface area contributed by atoms with Gasteiger partial charge in [-0.05, 0) is 25.5 Å². The Morgan fingerprint density at radius 2 is 2.40 bits per heavy atom. The second kappa shape index (κ2) is 4.16. The Morgan fingerprint density at radius 1 is 1.60 bits per heavy atom. The summed E-state index contributed by atoms with van der Waals surface area (Å²) < 4.78 is 0. The highest BCUT2D eigenvalue weighted by Gasteiger charge is 2.20. The van der Waals surface area contributed by atoms with Crippen LogP contribution in [0.5, 0.6) is 0 Å². The lowest BCUT2D eigenvalue weighted by Gasteiger charge is -2.17. The molecule has 82 valence electrons. The van der Waals surface area contributed by atoms with Crippen molar-refractivity contribution in [1.29, 1.82) is 0 Å². The summed E-state index contributed by atoms with van der Waals surface area (Å²) in [5, 5.41) is 9.42. The Bertz CT molecular complexity index is 323. The predicted molar refractivity (Wildman–Crippen MR) is 59.7 cm³/mol. The van der Waals surface area contributed by atoms with Gasteiger partial charge in [-0.15, -0.1) is 0 Å². The van der Waals surface area contributed by atoms with Crippen LogP contribution in [0.15, 0.2) is 18.3 Å². The Kier molecular flexibility index (Phi) is 2.88. The van der Waals surface area contributed by atoms with Crippen LogP contribution in [-0.4, -0.2) is 29.3 Å². The SMILES string of the molecule is C[C@@H](N)c1ccc(N2CCC(O)C2)cn1. The first-order valence-corrected chi connectivity index (χ1v) is 5.31. The van der Waals surface area contributed by atoms with Gasteiger partial charge in [0.15, 0.2) is 0 Å². The quantitative estimate of drug-likeness (QED) is 0.748. The second-order valence-corrected chi connectivity index (χ2v) is 4.12. The molecule has 2 heterocycles. The standard InChI is InChI=1S/C11H17N3O/c1-8(12)11-3-2-9(6-13-11)14-5-4-10(15)7-14/h2-3,6,8,10,15H,4-5,7,12H2,1H3/t8-,10?/m1/s1. The van der Waals surface area contributed by atoms with Crippen LogP contribution in [0.3, 0.4) is 0 Å². The number of pyridine rings is 1. The van der Waals surface area contributed by atoms with E-state index in [1.807, 2.05) is 25.3 Å². The van der Waals surface area contributed by atoms with Crippen LogP contribution >= 0.6 is 0 Å². The summed E-state index contributed by atoms with van der Waals surface area (Å²) in [5.74, 6) is 0. The molecule has 1 saturated heterocycles. The van der Waals surface area contributed by atoms with Crippen molar-refractivity contribution in [3.63, 3.8) is 0 Å². The summed E-state index contributed by atoms with van der Waals surface area (Å²) in [4.78, 5) is 6.44. The normalized spacial score (nSPS) is 23.1. The molecule has 0 amide bonds. The molecule has 1 fully saturated rings. The van der Waals surface area contributed by atoms with Gasteiger partial charge in [-0.25, -0.2) is 0 Å². The van der Waals surface area contributed by atoms with E-state index in [0.717, 1.165) is 24.3 Å². The monoisotopic (exact) mass is 207 g/mol. The molecule has 1 aromatic rings. The second-order valence-electron chi connectivity index (χ2n) is 4.12. The molecule has 4 heteroatoms. The van der Waals surface area contributed by atoms with Crippen molar-refractivity contribution in [3.05, 3.63) is 24.0 Å². The van der Waals surface area contributed by atoms with E-state index in [0.29, 0.717) is 6.54 Å². The number of aliphatic hydroxyl groups excluding tert-OH is 1. The molecule has 1 aromatic heterocycles. The van der Waals surface area contributed by atoms with Gasteiger partial charge in [0.25, 0.3) is 0 Å². The molecule has 0 aliphatic carbocycles. The van der Waals surface area contributed by atoms with Crippen molar-refractivity contribution < 1.29 is 5.11 Å². The number of aromatic nitrogens is 1. The van der Waals surface area contributed by atoms with Crippen molar-refractivity contribution in [1.82, 2.24) is 4.98 Å². The maximum Gasteiger partial charge on any atom is 0.0731 e. The fraction of sp³-hybridized carbons (Fsp3) is 0.545. The maximum absolute atomic E-state index is 9.42. The Balaban J connectivity index is 2.10. The van der Waals surface area contributed by atoms with E-state index in [4.69, 9.17) is 5.73 Å². The minimum atomic E-state index is -0.196. The van der Waals surface area contributed by atoms with Crippen molar-refractivity contribution in [3.8, 4) is 0 Å². The summed E-state index contributed by atoms with van der Waals surface area (Å²) in [6.07, 6.45) is 2.48. The molecule has 2 atom stereocenters. The number of nitrogens with zero attached hydrogens (tertiary/aromatic N) is 2. The van der Waals surface area contributed by atoms with Crippen LogP contribution in [0.1, 0.15) is 25.1 Å². The molecule has 1 unspecified atom stereocenters. The summed E-state index contributed by atoms with van der Waals surface area (Å²) in [5.41, 5.74) is 7.69. The highest BCUT2D eigenvalue weighted by molar-refractivity contribution is 5.45. The molecule has 0 spiro atoms. The largest absolute Gasteiger partial charge is 0.391 e. The van der Waals surface area contributed by atoms with Gasteiger partial charge in [0.1, 0.15) is 0 Å². The van der Waals surface area contributed by atoms with Gasteiger partial charge in [-0.2, -0.15) is 0 Å². The molecular weight excluding hydrogens is 190 g/mol. The number of nitrogens with two attached hydrogens (primary N) is 1. The topological polar surface area (TPSA) is 62.4 Å². The molecule has 2 rings (SSSR count). The van der Waals surface area contributed by atoms with Crippen LogP contribution in [-0.2, 0) is 0 Å². The first-order valence-electron chi connectivity index (χ1n) is 5.31. The minimum Gasteiger partial charge on any atom is -0.391 e. The number of hydrogen-bond donors (Lipinski definition) is 2. The lowest BCUT2D eigenvalue weighted by atomic mass is 10.2. The molecule has 4 nitrogen and oxygen atoms in total. The van der Waals surface area contributed by atoms with Crippen LogP contribution in [0.25, 0.3) is 0 Å². The van der Waals surface area contributed by atoms with E-state index >= 15 is 0 Å². The molecular formula is C11H17N3O. The van der Waals surface area contributed by atoms with Crippen LogP contribution in [0.4, 0.5) is 5.69 Å². The molecule has 0 radical (unpaired) electrons. The van der Waals surface area contributed by atoms with Crippen molar-refractivity contribution >= 4 is 5.69 Å². The molecule has 15 heavy (non-hydrogen) atoms. The van der Waals surface area contributed by atoms with Gasteiger partial charge >= 0.3 is 0 Å². The van der Waals surface area contributed by atoms with E-state index in [-0.39, 0.29) is 12.1 Å². The number of anilines is 1. The fourth-order valence-electron chi connectivity index (χ4n) is 1.83. The van der Waals surface area contributed by atoms with Gasteiger partial charge in [-0.1, -0.05) is 0 Å². The number of rotatable bonds is 2. The van der Waals surface area contributed by atoms with Gasteiger partial charge in [0, 0.05) is 19.1 Å². The van der Waals surface area contributed by atoms with E-state index in [2.05, 4.69) is 9.88 Å².